The molecule has 3 aromatic rings. The van der Waals surface area contributed by atoms with E-state index >= 15 is 0 Å². The van der Waals surface area contributed by atoms with Gasteiger partial charge in [-0.1, -0.05) is 24.3 Å². The van der Waals surface area contributed by atoms with E-state index in [-0.39, 0.29) is 30.0 Å². The molecule has 0 aliphatic carbocycles. The van der Waals surface area contributed by atoms with Gasteiger partial charge in [-0.2, -0.15) is 0 Å². The highest BCUT2D eigenvalue weighted by molar-refractivity contribution is 5.97. The number of rotatable bonds is 6. The minimum atomic E-state index is -0.627. The summed E-state index contributed by atoms with van der Waals surface area (Å²) in [4.78, 5) is 43.1. The first-order valence-corrected chi connectivity index (χ1v) is 10.6. The van der Waals surface area contributed by atoms with Gasteiger partial charge in [0.25, 0.3) is 5.91 Å². The molecule has 1 aliphatic rings. The van der Waals surface area contributed by atoms with Crippen molar-refractivity contribution in [2.24, 2.45) is 5.92 Å². The normalized spacial score (nSPS) is 14.3. The van der Waals surface area contributed by atoms with Crippen molar-refractivity contribution < 1.29 is 28.3 Å². The number of hydrogen-bond acceptors (Lipinski definition) is 7. The van der Waals surface area contributed by atoms with Crippen LogP contribution in [-0.2, 0) is 19.1 Å². The number of amides is 1. The van der Waals surface area contributed by atoms with Gasteiger partial charge in [-0.05, 0) is 44.0 Å². The lowest BCUT2D eigenvalue weighted by atomic mass is 9.97. The van der Waals surface area contributed by atoms with Crippen LogP contribution in [0.1, 0.15) is 30.1 Å². The number of ether oxygens (including phenoxy) is 2. The smallest absolute Gasteiger partial charge is 0.339 e. The zero-order valence-corrected chi connectivity index (χ0v) is 17.8. The van der Waals surface area contributed by atoms with Gasteiger partial charge >= 0.3 is 11.9 Å². The first kappa shape index (κ1) is 21.5. The second-order valence-corrected chi connectivity index (χ2v) is 7.52. The molecule has 0 unspecified atom stereocenters. The van der Waals surface area contributed by atoms with Crippen molar-refractivity contribution in [2.45, 2.75) is 19.8 Å². The summed E-state index contributed by atoms with van der Waals surface area (Å²) in [6, 6.07) is 14.2. The van der Waals surface area contributed by atoms with E-state index in [4.69, 9.17) is 13.9 Å². The van der Waals surface area contributed by atoms with Crippen LogP contribution in [-0.4, -0.2) is 54.0 Å². The minimum Gasteiger partial charge on any atom is -0.466 e. The standard InChI is InChI=1S/C24H24N2O6/c1-2-30-23(28)16-11-13-26(14-12-16)21(27)15-31-24(29)18-8-4-3-7-17(18)22-25-19-9-5-6-10-20(19)32-22/h3-10,16H,2,11-15H2,1H3. The van der Waals surface area contributed by atoms with Crippen molar-refractivity contribution in [1.29, 1.82) is 0 Å². The van der Waals surface area contributed by atoms with Crippen molar-refractivity contribution in [2.75, 3.05) is 26.3 Å². The topological polar surface area (TPSA) is 98.9 Å². The molecule has 0 bridgehead atoms. The Balaban J connectivity index is 1.38. The molecule has 1 saturated heterocycles. The van der Waals surface area contributed by atoms with Gasteiger partial charge in [-0.3, -0.25) is 9.59 Å². The Labute approximate surface area is 185 Å². The van der Waals surface area contributed by atoms with E-state index in [1.807, 2.05) is 18.2 Å². The molecule has 0 saturated carbocycles. The van der Waals surface area contributed by atoms with Crippen LogP contribution in [0.2, 0.25) is 0 Å². The molecule has 0 radical (unpaired) electrons. The lowest BCUT2D eigenvalue weighted by molar-refractivity contribution is -0.151. The van der Waals surface area contributed by atoms with E-state index in [1.54, 1.807) is 42.2 Å². The molecule has 0 spiro atoms. The molecule has 0 N–H and O–H groups in total. The molecule has 1 amide bonds. The SMILES string of the molecule is CCOC(=O)C1CCN(C(=O)COC(=O)c2ccccc2-c2nc3ccccc3o2)CC1. The summed E-state index contributed by atoms with van der Waals surface area (Å²) in [5.74, 6) is -1.02. The van der Waals surface area contributed by atoms with Crippen LogP contribution in [0.5, 0.6) is 0 Å². The molecule has 166 valence electrons. The maximum atomic E-state index is 12.7. The predicted molar refractivity (Wildman–Crippen MR) is 116 cm³/mol. The molecule has 2 aromatic carbocycles. The molecule has 8 nitrogen and oxygen atoms in total. The number of carbonyl (C=O) groups excluding carboxylic acids is 3. The van der Waals surface area contributed by atoms with Gasteiger partial charge < -0.3 is 18.8 Å². The number of para-hydroxylation sites is 2. The third kappa shape index (κ3) is 4.64. The number of piperidine rings is 1. The molecule has 1 aliphatic heterocycles. The van der Waals surface area contributed by atoms with Gasteiger partial charge in [0.05, 0.1) is 23.7 Å². The summed E-state index contributed by atoms with van der Waals surface area (Å²) < 4.78 is 16.1. The lowest BCUT2D eigenvalue weighted by Crippen LogP contribution is -2.42. The number of fused-ring (bicyclic) bond motifs is 1. The Morgan fingerprint density at radius 1 is 1.03 bits per heavy atom. The van der Waals surface area contributed by atoms with Gasteiger partial charge in [-0.25, -0.2) is 9.78 Å². The summed E-state index contributed by atoms with van der Waals surface area (Å²) >= 11 is 0. The van der Waals surface area contributed by atoms with Crippen LogP contribution >= 0.6 is 0 Å². The molecule has 1 aromatic heterocycles. The predicted octanol–water partition coefficient (Wildman–Crippen LogP) is 3.45. The first-order valence-electron chi connectivity index (χ1n) is 10.6. The van der Waals surface area contributed by atoms with Gasteiger partial charge in [0.15, 0.2) is 12.2 Å². The number of oxazole rings is 1. The minimum absolute atomic E-state index is 0.190. The van der Waals surface area contributed by atoms with Crippen molar-refractivity contribution in [3.8, 4) is 11.5 Å². The number of likely N-dealkylation sites (tertiary alicyclic amines) is 1. The molecule has 1 fully saturated rings. The maximum absolute atomic E-state index is 12.7. The number of esters is 2. The Bertz CT molecular complexity index is 1100. The summed E-state index contributed by atoms with van der Waals surface area (Å²) in [6.45, 7) is 2.61. The van der Waals surface area contributed by atoms with Crippen LogP contribution in [0.15, 0.2) is 52.9 Å². The third-order valence-electron chi connectivity index (χ3n) is 5.47. The molecule has 4 rings (SSSR count). The highest BCUT2D eigenvalue weighted by Crippen LogP contribution is 2.27. The number of hydrogen-bond donors (Lipinski definition) is 0. The van der Waals surface area contributed by atoms with E-state index in [2.05, 4.69) is 4.98 Å². The maximum Gasteiger partial charge on any atom is 0.339 e. The average molecular weight is 436 g/mol. The summed E-state index contributed by atoms with van der Waals surface area (Å²) in [5.41, 5.74) is 2.07. The Hall–Kier alpha value is -3.68. The number of carbonyl (C=O) groups is 3. The van der Waals surface area contributed by atoms with E-state index in [1.165, 1.54) is 0 Å². The van der Waals surface area contributed by atoms with Crippen LogP contribution in [0.4, 0.5) is 0 Å². The quantitative estimate of drug-likeness (QED) is 0.546. The Morgan fingerprint density at radius 2 is 1.75 bits per heavy atom. The zero-order chi connectivity index (χ0) is 22.5. The van der Waals surface area contributed by atoms with Crippen molar-refractivity contribution in [1.82, 2.24) is 9.88 Å². The highest BCUT2D eigenvalue weighted by Gasteiger charge is 2.29. The van der Waals surface area contributed by atoms with Gasteiger partial charge in [0.1, 0.15) is 5.52 Å². The number of aromatic nitrogens is 1. The lowest BCUT2D eigenvalue weighted by Gasteiger charge is -2.30. The second kappa shape index (κ2) is 9.64. The fourth-order valence-corrected chi connectivity index (χ4v) is 3.76. The summed E-state index contributed by atoms with van der Waals surface area (Å²) in [7, 11) is 0. The van der Waals surface area contributed by atoms with Gasteiger partial charge in [0, 0.05) is 13.1 Å². The second-order valence-electron chi connectivity index (χ2n) is 7.52. The van der Waals surface area contributed by atoms with Crippen molar-refractivity contribution in [3.05, 3.63) is 54.1 Å². The third-order valence-corrected chi connectivity index (χ3v) is 5.47. The van der Waals surface area contributed by atoms with Crippen LogP contribution in [0, 0.1) is 5.92 Å². The van der Waals surface area contributed by atoms with E-state index in [0.717, 1.165) is 0 Å². The Kier molecular flexibility index (Phi) is 6.49. The first-order chi connectivity index (χ1) is 15.6. The van der Waals surface area contributed by atoms with E-state index in [0.29, 0.717) is 55.1 Å². The van der Waals surface area contributed by atoms with Crippen molar-refractivity contribution in [3.63, 3.8) is 0 Å². The van der Waals surface area contributed by atoms with E-state index < -0.39 is 5.97 Å². The molecular weight excluding hydrogens is 412 g/mol. The van der Waals surface area contributed by atoms with Crippen LogP contribution < -0.4 is 0 Å². The van der Waals surface area contributed by atoms with Crippen molar-refractivity contribution >= 4 is 28.9 Å². The van der Waals surface area contributed by atoms with Crippen LogP contribution in [0.3, 0.4) is 0 Å². The van der Waals surface area contributed by atoms with Gasteiger partial charge in [-0.15, -0.1) is 0 Å². The largest absolute Gasteiger partial charge is 0.466 e. The molecule has 2 heterocycles. The fraction of sp³-hybridized carbons (Fsp3) is 0.333. The fourth-order valence-electron chi connectivity index (χ4n) is 3.76. The van der Waals surface area contributed by atoms with E-state index in [9.17, 15) is 14.4 Å². The number of benzene rings is 2. The molecular formula is C24H24N2O6. The Morgan fingerprint density at radius 3 is 2.50 bits per heavy atom. The molecule has 32 heavy (non-hydrogen) atoms. The number of nitrogens with zero attached hydrogens (tertiary/aromatic N) is 2. The molecule has 0 atom stereocenters. The molecule has 8 heteroatoms. The van der Waals surface area contributed by atoms with Gasteiger partial charge in [0.2, 0.25) is 5.89 Å². The summed E-state index contributed by atoms with van der Waals surface area (Å²) in [6.07, 6.45) is 1.08. The highest BCUT2D eigenvalue weighted by atomic mass is 16.5. The summed E-state index contributed by atoms with van der Waals surface area (Å²) in [5, 5.41) is 0. The van der Waals surface area contributed by atoms with Crippen LogP contribution in [0.25, 0.3) is 22.6 Å². The monoisotopic (exact) mass is 436 g/mol. The zero-order valence-electron chi connectivity index (χ0n) is 17.8. The average Bonchev–Trinajstić information content (AvgIpc) is 3.27.